The van der Waals surface area contributed by atoms with Gasteiger partial charge >= 0.3 is 6.09 Å². The minimum Gasteiger partial charge on any atom is -0.442 e. The molecule has 0 aliphatic carbocycles. The molecule has 11 heteroatoms. The normalized spacial score (nSPS) is 15.9. The smallest absolute Gasteiger partial charge is 0.414 e. The van der Waals surface area contributed by atoms with Crippen molar-refractivity contribution in [2.45, 2.75) is 19.6 Å². The van der Waals surface area contributed by atoms with Gasteiger partial charge in [0.2, 0.25) is 5.91 Å². The maximum Gasteiger partial charge on any atom is 0.414 e. The number of carbonyl (C=O) groups excluding carboxylic acids is 2. The topological polar surface area (TPSA) is 115 Å². The lowest BCUT2D eigenvalue weighted by atomic mass is 10.1. The fraction of sp³-hybridized carbons (Fsp3) is 0.263. The summed E-state index contributed by atoms with van der Waals surface area (Å²) < 4.78 is 21.5. The fourth-order valence-corrected chi connectivity index (χ4v) is 3.10. The molecule has 0 radical (unpaired) electrons. The lowest BCUT2D eigenvalue weighted by Crippen LogP contribution is -2.33. The number of halogens is 1. The molecule has 1 aromatic carbocycles. The van der Waals surface area contributed by atoms with E-state index in [9.17, 15) is 14.0 Å². The first kappa shape index (κ1) is 19.4. The van der Waals surface area contributed by atoms with Crippen LogP contribution in [-0.2, 0) is 16.1 Å². The summed E-state index contributed by atoms with van der Waals surface area (Å²) in [5.41, 5.74) is 2.08. The van der Waals surface area contributed by atoms with E-state index < -0.39 is 18.0 Å². The summed E-state index contributed by atoms with van der Waals surface area (Å²) in [4.78, 5) is 28.8. The molecule has 154 valence electrons. The molecule has 30 heavy (non-hydrogen) atoms. The first-order chi connectivity index (χ1) is 14.5. The quantitative estimate of drug-likeness (QED) is 0.652. The highest BCUT2D eigenvalue weighted by atomic mass is 19.1. The van der Waals surface area contributed by atoms with E-state index in [1.165, 1.54) is 28.9 Å². The Hall–Kier alpha value is -3.89. The first-order valence-corrected chi connectivity index (χ1v) is 9.18. The molecule has 1 N–H and O–H groups in total. The Balaban J connectivity index is 1.47. The van der Waals surface area contributed by atoms with E-state index in [1.54, 1.807) is 30.5 Å². The van der Waals surface area contributed by atoms with E-state index in [0.29, 0.717) is 23.4 Å². The minimum absolute atomic E-state index is 0.209. The second-order valence-corrected chi connectivity index (χ2v) is 6.76. The van der Waals surface area contributed by atoms with Crippen molar-refractivity contribution in [1.29, 1.82) is 0 Å². The zero-order chi connectivity index (χ0) is 21.1. The van der Waals surface area contributed by atoms with E-state index in [-0.39, 0.29) is 19.0 Å². The molecule has 0 spiro atoms. The molecule has 1 atom stereocenters. The van der Waals surface area contributed by atoms with Gasteiger partial charge < -0.3 is 10.1 Å². The van der Waals surface area contributed by atoms with Crippen LogP contribution < -0.4 is 10.2 Å². The van der Waals surface area contributed by atoms with Crippen LogP contribution in [0.2, 0.25) is 0 Å². The maximum atomic E-state index is 14.8. The Morgan fingerprint density at radius 2 is 2.20 bits per heavy atom. The third kappa shape index (κ3) is 4.24. The number of benzene rings is 1. The summed E-state index contributed by atoms with van der Waals surface area (Å²) in [5, 5.41) is 13.5. The van der Waals surface area contributed by atoms with Crippen molar-refractivity contribution >= 4 is 17.7 Å². The molecule has 1 saturated heterocycles. The summed E-state index contributed by atoms with van der Waals surface area (Å²) >= 11 is 0. The maximum absolute atomic E-state index is 14.8. The summed E-state index contributed by atoms with van der Waals surface area (Å²) in [6.45, 7) is 2.23. The molecular formula is C19H18FN7O3. The van der Waals surface area contributed by atoms with Gasteiger partial charge in [0.1, 0.15) is 18.2 Å². The Labute approximate surface area is 170 Å². The monoisotopic (exact) mass is 411 g/mol. The Kier molecular flexibility index (Phi) is 5.33. The molecule has 3 aromatic rings. The van der Waals surface area contributed by atoms with Gasteiger partial charge in [0.25, 0.3) is 0 Å². The number of nitrogens with one attached hydrogen (secondary N) is 1. The van der Waals surface area contributed by atoms with E-state index in [4.69, 9.17) is 4.74 Å². The molecule has 1 aliphatic heterocycles. The van der Waals surface area contributed by atoms with E-state index in [1.807, 2.05) is 0 Å². The zero-order valence-corrected chi connectivity index (χ0v) is 16.0. The second-order valence-electron chi connectivity index (χ2n) is 6.76. The van der Waals surface area contributed by atoms with E-state index >= 15 is 0 Å². The molecule has 3 heterocycles. The summed E-state index contributed by atoms with van der Waals surface area (Å²) in [5.74, 6) is -0.696. The number of aromatic nitrogens is 5. The molecular weight excluding hydrogens is 393 g/mol. The van der Waals surface area contributed by atoms with Gasteiger partial charge in [0.15, 0.2) is 0 Å². The van der Waals surface area contributed by atoms with Gasteiger partial charge in [-0.15, -0.1) is 5.10 Å². The number of hydrogen-bond acceptors (Lipinski definition) is 7. The fourth-order valence-electron chi connectivity index (χ4n) is 3.10. The number of hydrogen-bond donors (Lipinski definition) is 1. The predicted molar refractivity (Wildman–Crippen MR) is 103 cm³/mol. The van der Waals surface area contributed by atoms with Crippen LogP contribution in [0.3, 0.4) is 0 Å². The number of tetrazole rings is 1. The minimum atomic E-state index is -0.578. The Morgan fingerprint density at radius 3 is 2.87 bits per heavy atom. The van der Waals surface area contributed by atoms with Gasteiger partial charge in [-0.05, 0) is 34.7 Å². The predicted octanol–water partition coefficient (Wildman–Crippen LogP) is 1.38. The standard InChI is InChI=1S/C19H18FN7O3/c1-12(28)21-8-16-10-27(19(29)30-16)15-4-5-17(18(20)6-15)13-2-3-14(22-7-13)9-26-11-23-24-25-26/h2-7,11,16H,8-10H2,1H3,(H,21,28). The highest BCUT2D eigenvalue weighted by molar-refractivity contribution is 5.90. The molecule has 1 unspecified atom stereocenters. The van der Waals surface area contributed by atoms with Gasteiger partial charge in [-0.1, -0.05) is 6.07 Å². The average Bonchev–Trinajstić information content (AvgIpc) is 3.36. The molecule has 0 saturated carbocycles. The molecule has 4 rings (SSSR count). The molecule has 2 amide bonds. The van der Waals surface area contributed by atoms with Crippen LogP contribution in [0.5, 0.6) is 0 Å². The van der Waals surface area contributed by atoms with Gasteiger partial charge in [-0.2, -0.15) is 0 Å². The first-order valence-electron chi connectivity index (χ1n) is 9.18. The van der Waals surface area contributed by atoms with Crippen LogP contribution in [0.25, 0.3) is 11.1 Å². The number of pyridine rings is 1. The van der Waals surface area contributed by atoms with Crippen molar-refractivity contribution in [3.63, 3.8) is 0 Å². The van der Waals surface area contributed by atoms with Crippen LogP contribution in [-0.4, -0.2) is 56.4 Å². The molecule has 1 aliphatic rings. The van der Waals surface area contributed by atoms with Gasteiger partial charge in [0, 0.05) is 24.2 Å². The molecule has 2 aromatic heterocycles. The number of rotatable bonds is 6. The van der Waals surface area contributed by atoms with Gasteiger partial charge in [-0.3, -0.25) is 14.7 Å². The average molecular weight is 411 g/mol. The highest BCUT2D eigenvalue weighted by Gasteiger charge is 2.32. The number of anilines is 1. The van der Waals surface area contributed by atoms with Crippen molar-refractivity contribution in [2.24, 2.45) is 0 Å². The van der Waals surface area contributed by atoms with E-state index in [2.05, 4.69) is 25.8 Å². The third-order valence-corrected chi connectivity index (χ3v) is 4.57. The molecule has 0 bridgehead atoms. The van der Waals surface area contributed by atoms with Crippen molar-refractivity contribution in [3.8, 4) is 11.1 Å². The number of ether oxygens (including phenoxy) is 1. The van der Waals surface area contributed by atoms with Crippen molar-refractivity contribution in [3.05, 3.63) is 54.4 Å². The second kappa shape index (κ2) is 8.23. The molecule has 10 nitrogen and oxygen atoms in total. The lowest BCUT2D eigenvalue weighted by Gasteiger charge is -2.14. The van der Waals surface area contributed by atoms with Gasteiger partial charge in [0.05, 0.1) is 31.0 Å². The summed E-state index contributed by atoms with van der Waals surface area (Å²) in [7, 11) is 0. The van der Waals surface area contributed by atoms with Crippen molar-refractivity contribution in [2.75, 3.05) is 18.0 Å². The summed E-state index contributed by atoms with van der Waals surface area (Å²) in [6.07, 6.45) is 2.00. The summed E-state index contributed by atoms with van der Waals surface area (Å²) in [6, 6.07) is 8.06. The van der Waals surface area contributed by atoms with Crippen LogP contribution in [0.15, 0.2) is 42.9 Å². The number of cyclic esters (lactones) is 1. The zero-order valence-electron chi connectivity index (χ0n) is 16.0. The van der Waals surface area contributed by atoms with Crippen LogP contribution >= 0.6 is 0 Å². The van der Waals surface area contributed by atoms with Crippen LogP contribution in [0, 0.1) is 5.82 Å². The van der Waals surface area contributed by atoms with Crippen molar-refractivity contribution in [1.82, 2.24) is 30.5 Å². The SMILES string of the molecule is CC(=O)NCC1CN(c2ccc(-c3ccc(Cn4cnnn4)nc3)c(F)c2)C(=O)O1. The largest absolute Gasteiger partial charge is 0.442 e. The number of carbonyl (C=O) groups is 2. The van der Waals surface area contributed by atoms with Crippen LogP contribution in [0.1, 0.15) is 12.6 Å². The van der Waals surface area contributed by atoms with E-state index in [0.717, 1.165) is 5.69 Å². The Morgan fingerprint density at radius 1 is 1.33 bits per heavy atom. The lowest BCUT2D eigenvalue weighted by molar-refractivity contribution is -0.119. The number of nitrogens with zero attached hydrogens (tertiary/aromatic N) is 6. The van der Waals surface area contributed by atoms with Crippen molar-refractivity contribution < 1.29 is 18.7 Å². The third-order valence-electron chi connectivity index (χ3n) is 4.57. The van der Waals surface area contributed by atoms with Gasteiger partial charge in [-0.25, -0.2) is 13.9 Å². The molecule has 1 fully saturated rings. The van der Waals surface area contributed by atoms with Crippen LogP contribution in [0.4, 0.5) is 14.9 Å². The number of amides is 2. The Bertz CT molecular complexity index is 1060. The highest BCUT2D eigenvalue weighted by Crippen LogP contribution is 2.28.